The molecule has 0 aliphatic heterocycles. The third kappa shape index (κ3) is 5.50. The average molecular weight is 228 g/mol. The first-order valence-corrected chi connectivity index (χ1v) is 6.49. The number of carbonyl (C=O) groups excluding carboxylic acids is 1. The monoisotopic (exact) mass is 228 g/mol. The van der Waals surface area contributed by atoms with Crippen LogP contribution in [0.25, 0.3) is 0 Å². The number of carbonyl (C=O) groups is 1. The highest BCUT2D eigenvalue weighted by atomic mass is 16.2. The molecule has 0 radical (unpaired) electrons. The molecule has 0 aromatic rings. The van der Waals surface area contributed by atoms with Crippen LogP contribution in [0.2, 0.25) is 0 Å². The third-order valence-corrected chi connectivity index (χ3v) is 2.77. The fraction of sp³-hybridized carbons (Fsp3) is 0.923. The van der Waals surface area contributed by atoms with Gasteiger partial charge < -0.3 is 10.6 Å². The van der Waals surface area contributed by atoms with Gasteiger partial charge in [-0.2, -0.15) is 0 Å². The van der Waals surface area contributed by atoms with Gasteiger partial charge in [-0.25, -0.2) is 0 Å². The van der Waals surface area contributed by atoms with Crippen molar-refractivity contribution >= 4 is 5.91 Å². The van der Waals surface area contributed by atoms with E-state index in [-0.39, 0.29) is 5.91 Å². The summed E-state index contributed by atoms with van der Waals surface area (Å²) in [5.74, 6) is 0.694. The van der Waals surface area contributed by atoms with Crippen molar-refractivity contribution in [2.24, 2.45) is 5.92 Å². The standard InChI is InChI=1S/C13H28N2O/c1-6-8-9-13(5,12(16)14-7-2)15-10-11(3)4/h11,15H,6-10H2,1-5H3,(H,14,16). The lowest BCUT2D eigenvalue weighted by molar-refractivity contribution is -0.127. The van der Waals surface area contributed by atoms with E-state index >= 15 is 0 Å². The first-order valence-electron chi connectivity index (χ1n) is 6.49. The van der Waals surface area contributed by atoms with E-state index in [1.54, 1.807) is 0 Å². The molecule has 0 aliphatic carbocycles. The maximum atomic E-state index is 12.0. The fourth-order valence-electron chi connectivity index (χ4n) is 1.60. The van der Waals surface area contributed by atoms with Crippen LogP contribution in [0, 0.1) is 5.92 Å². The molecular formula is C13H28N2O. The Kier molecular flexibility index (Phi) is 7.39. The molecule has 0 spiro atoms. The second-order valence-electron chi connectivity index (χ2n) is 5.07. The molecule has 0 aromatic heterocycles. The highest BCUT2D eigenvalue weighted by molar-refractivity contribution is 5.85. The molecule has 0 aliphatic rings. The van der Waals surface area contributed by atoms with E-state index in [4.69, 9.17) is 0 Å². The van der Waals surface area contributed by atoms with Gasteiger partial charge in [-0.3, -0.25) is 4.79 Å². The largest absolute Gasteiger partial charge is 0.355 e. The smallest absolute Gasteiger partial charge is 0.240 e. The maximum Gasteiger partial charge on any atom is 0.240 e. The van der Waals surface area contributed by atoms with Gasteiger partial charge in [-0.05, 0) is 32.7 Å². The molecule has 96 valence electrons. The average Bonchev–Trinajstić information content (AvgIpc) is 2.24. The van der Waals surface area contributed by atoms with Gasteiger partial charge in [0.1, 0.15) is 0 Å². The molecule has 1 unspecified atom stereocenters. The zero-order valence-corrected chi connectivity index (χ0v) is 11.5. The topological polar surface area (TPSA) is 41.1 Å². The van der Waals surface area contributed by atoms with E-state index in [1.807, 2.05) is 13.8 Å². The molecule has 0 bridgehead atoms. The Morgan fingerprint density at radius 3 is 2.38 bits per heavy atom. The summed E-state index contributed by atoms with van der Waals surface area (Å²) < 4.78 is 0. The molecule has 0 saturated heterocycles. The molecular weight excluding hydrogens is 200 g/mol. The minimum Gasteiger partial charge on any atom is -0.355 e. The van der Waals surface area contributed by atoms with Crippen molar-refractivity contribution in [1.82, 2.24) is 10.6 Å². The zero-order chi connectivity index (χ0) is 12.6. The van der Waals surface area contributed by atoms with Gasteiger partial charge in [0.2, 0.25) is 5.91 Å². The van der Waals surface area contributed by atoms with Gasteiger partial charge in [-0.1, -0.05) is 33.6 Å². The lowest BCUT2D eigenvalue weighted by Crippen LogP contribution is -2.55. The third-order valence-electron chi connectivity index (χ3n) is 2.77. The normalized spacial score (nSPS) is 14.9. The number of nitrogens with one attached hydrogen (secondary N) is 2. The van der Waals surface area contributed by atoms with Gasteiger partial charge >= 0.3 is 0 Å². The van der Waals surface area contributed by atoms with Crippen molar-refractivity contribution in [2.45, 2.75) is 59.4 Å². The van der Waals surface area contributed by atoms with Gasteiger partial charge in [-0.15, -0.1) is 0 Å². The van der Waals surface area contributed by atoms with Crippen LogP contribution < -0.4 is 10.6 Å². The van der Waals surface area contributed by atoms with Crippen LogP contribution in [-0.2, 0) is 4.79 Å². The van der Waals surface area contributed by atoms with Crippen molar-refractivity contribution in [1.29, 1.82) is 0 Å². The van der Waals surface area contributed by atoms with E-state index in [9.17, 15) is 4.79 Å². The van der Waals surface area contributed by atoms with Crippen LogP contribution in [-0.4, -0.2) is 24.5 Å². The fourth-order valence-corrected chi connectivity index (χ4v) is 1.60. The number of hydrogen-bond acceptors (Lipinski definition) is 2. The predicted octanol–water partition coefficient (Wildman–Crippen LogP) is 2.32. The van der Waals surface area contributed by atoms with Crippen molar-refractivity contribution < 1.29 is 4.79 Å². The summed E-state index contributed by atoms with van der Waals surface area (Å²) in [6.45, 7) is 12.0. The number of unbranched alkanes of at least 4 members (excludes halogenated alkanes) is 1. The van der Waals surface area contributed by atoms with Crippen molar-refractivity contribution in [3.63, 3.8) is 0 Å². The van der Waals surface area contributed by atoms with E-state index in [0.29, 0.717) is 12.5 Å². The molecule has 3 nitrogen and oxygen atoms in total. The summed E-state index contributed by atoms with van der Waals surface area (Å²) in [5, 5.41) is 6.32. The summed E-state index contributed by atoms with van der Waals surface area (Å²) >= 11 is 0. The highest BCUT2D eigenvalue weighted by Crippen LogP contribution is 2.14. The van der Waals surface area contributed by atoms with Crippen molar-refractivity contribution in [3.05, 3.63) is 0 Å². The molecule has 0 fully saturated rings. The van der Waals surface area contributed by atoms with Gasteiger partial charge in [0.25, 0.3) is 0 Å². The van der Waals surface area contributed by atoms with Crippen molar-refractivity contribution in [3.8, 4) is 0 Å². The Morgan fingerprint density at radius 2 is 1.94 bits per heavy atom. The maximum absolute atomic E-state index is 12.0. The Labute approximate surface area is 100 Å². The Balaban J connectivity index is 4.40. The first kappa shape index (κ1) is 15.4. The SMILES string of the molecule is CCCCC(C)(NCC(C)C)C(=O)NCC. The summed E-state index contributed by atoms with van der Waals surface area (Å²) in [6, 6.07) is 0. The second kappa shape index (κ2) is 7.66. The molecule has 0 rings (SSSR count). The molecule has 3 heteroatoms. The quantitative estimate of drug-likeness (QED) is 0.669. The molecule has 0 saturated carbocycles. The van der Waals surface area contributed by atoms with E-state index < -0.39 is 5.54 Å². The van der Waals surface area contributed by atoms with Crippen LogP contribution in [0.5, 0.6) is 0 Å². The van der Waals surface area contributed by atoms with Crippen LogP contribution in [0.3, 0.4) is 0 Å². The summed E-state index contributed by atoms with van der Waals surface area (Å²) in [7, 11) is 0. The molecule has 0 aromatic carbocycles. The van der Waals surface area contributed by atoms with Gasteiger partial charge in [0.05, 0.1) is 5.54 Å². The molecule has 1 amide bonds. The minimum atomic E-state index is -0.406. The van der Waals surface area contributed by atoms with Crippen LogP contribution >= 0.6 is 0 Å². The zero-order valence-electron chi connectivity index (χ0n) is 11.5. The lowest BCUT2D eigenvalue weighted by Gasteiger charge is -2.30. The van der Waals surface area contributed by atoms with E-state index in [1.165, 1.54) is 0 Å². The van der Waals surface area contributed by atoms with E-state index in [0.717, 1.165) is 25.8 Å². The Morgan fingerprint density at radius 1 is 1.31 bits per heavy atom. The molecule has 16 heavy (non-hydrogen) atoms. The predicted molar refractivity (Wildman–Crippen MR) is 69.5 cm³/mol. The molecule has 0 heterocycles. The second-order valence-corrected chi connectivity index (χ2v) is 5.07. The van der Waals surface area contributed by atoms with Crippen LogP contribution in [0.1, 0.15) is 53.9 Å². The van der Waals surface area contributed by atoms with Crippen molar-refractivity contribution in [2.75, 3.05) is 13.1 Å². The minimum absolute atomic E-state index is 0.129. The van der Waals surface area contributed by atoms with Gasteiger partial charge in [0, 0.05) is 6.54 Å². The summed E-state index contributed by atoms with van der Waals surface area (Å²) in [5.41, 5.74) is -0.406. The Hall–Kier alpha value is -0.570. The number of amides is 1. The van der Waals surface area contributed by atoms with E-state index in [2.05, 4.69) is 31.4 Å². The summed E-state index contributed by atoms with van der Waals surface area (Å²) in [4.78, 5) is 12.0. The molecule has 2 N–H and O–H groups in total. The lowest BCUT2D eigenvalue weighted by atomic mass is 9.93. The van der Waals surface area contributed by atoms with Crippen LogP contribution in [0.15, 0.2) is 0 Å². The van der Waals surface area contributed by atoms with Crippen LogP contribution in [0.4, 0.5) is 0 Å². The first-order chi connectivity index (χ1) is 7.46. The van der Waals surface area contributed by atoms with Gasteiger partial charge in [0.15, 0.2) is 0 Å². The highest BCUT2D eigenvalue weighted by Gasteiger charge is 2.31. The Bertz CT molecular complexity index is 204. The molecule has 1 atom stereocenters. The number of likely N-dealkylation sites (N-methyl/N-ethyl adjacent to an activating group) is 1. The number of hydrogen-bond donors (Lipinski definition) is 2. The number of rotatable bonds is 8. The summed E-state index contributed by atoms with van der Waals surface area (Å²) in [6.07, 6.45) is 3.11.